The lowest BCUT2D eigenvalue weighted by Crippen LogP contribution is -2.25. The van der Waals surface area contributed by atoms with Gasteiger partial charge in [-0.2, -0.15) is 0 Å². The van der Waals surface area contributed by atoms with Crippen LogP contribution in [-0.2, 0) is 33.4 Å². The molecule has 40 heavy (non-hydrogen) atoms. The molecule has 0 rings (SSSR count). The van der Waals surface area contributed by atoms with Crippen LogP contribution in [0.1, 0.15) is 116 Å². The first kappa shape index (κ1) is 38.0. The predicted octanol–water partition coefficient (Wildman–Crippen LogP) is 4.57. The Hall–Kier alpha value is -2.04. The molecule has 0 fully saturated rings. The van der Waals surface area contributed by atoms with Crippen LogP contribution in [0, 0.1) is 0 Å². The zero-order chi connectivity index (χ0) is 29.4. The largest absolute Gasteiger partial charge is 0.481 e. The number of nitrogens with one attached hydrogen (secondary N) is 2. The summed E-state index contributed by atoms with van der Waals surface area (Å²) in [6.45, 7) is 4.29. The molecule has 0 radical (unpaired) electrons. The summed E-state index contributed by atoms with van der Waals surface area (Å²) >= 11 is 0. The van der Waals surface area contributed by atoms with Gasteiger partial charge in [-0.15, -0.1) is 0 Å². The Labute approximate surface area is 241 Å². The lowest BCUT2D eigenvalue weighted by atomic mass is 10.0. The first-order chi connectivity index (χ1) is 19.6. The predicted molar refractivity (Wildman–Crippen MR) is 155 cm³/mol. The van der Waals surface area contributed by atoms with Crippen LogP contribution in [0.5, 0.6) is 0 Å². The molecule has 0 aliphatic heterocycles. The Balaban J connectivity index is 3.20. The topological polar surface area (TPSA) is 140 Å². The second-order valence-electron chi connectivity index (χ2n) is 10.1. The summed E-state index contributed by atoms with van der Waals surface area (Å²) in [6.07, 6.45) is 17.3. The van der Waals surface area contributed by atoms with Crippen molar-refractivity contribution in [1.82, 2.24) is 10.6 Å². The maximum absolute atomic E-state index is 11.9. The third-order valence-corrected chi connectivity index (χ3v) is 6.35. The monoisotopic (exact) mass is 572 g/mol. The average Bonchev–Trinajstić information content (AvgIpc) is 2.93. The molecule has 10 nitrogen and oxygen atoms in total. The van der Waals surface area contributed by atoms with Crippen LogP contribution in [0.3, 0.4) is 0 Å². The van der Waals surface area contributed by atoms with Gasteiger partial charge in [-0.05, 0) is 25.7 Å². The van der Waals surface area contributed by atoms with Crippen LogP contribution >= 0.6 is 0 Å². The zero-order valence-electron chi connectivity index (χ0n) is 24.8. The normalized spacial score (nSPS) is 10.9. The van der Waals surface area contributed by atoms with Gasteiger partial charge in [0.05, 0.1) is 26.4 Å². The smallest absolute Gasteiger partial charge is 0.303 e. The van der Waals surface area contributed by atoms with E-state index in [2.05, 4.69) is 10.6 Å². The average molecular weight is 573 g/mol. The molecule has 0 aliphatic rings. The number of hydrogen-bond donors (Lipinski definition) is 3. The van der Waals surface area contributed by atoms with Crippen molar-refractivity contribution in [3.05, 3.63) is 0 Å². The second-order valence-corrected chi connectivity index (χ2v) is 10.1. The lowest BCUT2D eigenvalue weighted by Gasteiger charge is -2.08. The summed E-state index contributed by atoms with van der Waals surface area (Å²) in [5.41, 5.74) is 0. The first-order valence-electron chi connectivity index (χ1n) is 15.5. The number of carboxylic acids is 1. The third-order valence-electron chi connectivity index (χ3n) is 6.35. The molecule has 10 heteroatoms. The van der Waals surface area contributed by atoms with E-state index < -0.39 is 5.97 Å². The fourth-order valence-corrected chi connectivity index (χ4v) is 4.04. The van der Waals surface area contributed by atoms with Gasteiger partial charge in [0.25, 0.3) is 0 Å². The van der Waals surface area contributed by atoms with Gasteiger partial charge >= 0.3 is 5.97 Å². The molecule has 0 aromatic heterocycles. The number of amides is 2. The van der Waals surface area contributed by atoms with Gasteiger partial charge in [0.15, 0.2) is 0 Å². The molecule has 2 amide bonds. The quantitative estimate of drug-likeness (QED) is 0.0786. The maximum Gasteiger partial charge on any atom is 0.303 e. The summed E-state index contributed by atoms with van der Waals surface area (Å²) in [6, 6.07) is 0. The van der Waals surface area contributed by atoms with Crippen molar-refractivity contribution in [2.75, 3.05) is 52.7 Å². The van der Waals surface area contributed by atoms with E-state index in [-0.39, 0.29) is 24.7 Å². The molecule has 0 unspecified atom stereocenters. The van der Waals surface area contributed by atoms with Gasteiger partial charge in [-0.1, -0.05) is 64.2 Å². The fraction of sp³-hybridized carbons (Fsp3) is 0.867. The molecule has 3 N–H and O–H groups in total. The molecule has 0 atom stereocenters. The maximum atomic E-state index is 11.9. The van der Waals surface area contributed by atoms with Gasteiger partial charge in [-0.25, -0.2) is 0 Å². The molecule has 0 aliphatic carbocycles. The van der Waals surface area contributed by atoms with Crippen molar-refractivity contribution in [3.63, 3.8) is 0 Å². The van der Waals surface area contributed by atoms with Crippen LogP contribution in [0.2, 0.25) is 0 Å². The summed E-state index contributed by atoms with van der Waals surface area (Å²) in [7, 11) is 0. The number of rotatable bonds is 32. The minimum absolute atomic E-state index is 0.112. The first-order valence-corrected chi connectivity index (χ1v) is 15.5. The van der Waals surface area contributed by atoms with Crippen molar-refractivity contribution >= 4 is 24.1 Å². The number of unbranched alkanes of at least 4 members (excludes halogenated alkanes) is 11. The van der Waals surface area contributed by atoms with Gasteiger partial charge in [-0.3, -0.25) is 14.4 Å². The molecule has 0 saturated heterocycles. The zero-order valence-corrected chi connectivity index (χ0v) is 24.8. The highest BCUT2D eigenvalue weighted by Gasteiger charge is 2.02. The minimum atomic E-state index is -0.691. The SMILES string of the molecule is O=CCCC(=O)NCCCOCCOCCOCCCNC(=O)CCCCCCCCCCCCCCC(=O)O. The van der Waals surface area contributed by atoms with E-state index >= 15 is 0 Å². The van der Waals surface area contributed by atoms with Crippen molar-refractivity contribution in [2.45, 2.75) is 116 Å². The molecule has 0 saturated carbocycles. The Bertz CT molecular complexity index is 619. The Morgan fingerprint density at radius 1 is 0.500 bits per heavy atom. The highest BCUT2D eigenvalue weighted by atomic mass is 16.5. The van der Waals surface area contributed by atoms with Crippen molar-refractivity contribution in [1.29, 1.82) is 0 Å². The van der Waals surface area contributed by atoms with Gasteiger partial charge in [0, 0.05) is 52.0 Å². The summed E-state index contributed by atoms with van der Waals surface area (Å²) in [5.74, 6) is -0.686. The molecule has 0 aromatic rings. The van der Waals surface area contributed by atoms with Gasteiger partial charge in [0.2, 0.25) is 11.8 Å². The Morgan fingerprint density at radius 2 is 0.875 bits per heavy atom. The van der Waals surface area contributed by atoms with Crippen LogP contribution in [-0.4, -0.2) is 81.9 Å². The molecule has 0 spiro atoms. The van der Waals surface area contributed by atoms with Crippen molar-refractivity contribution < 1.29 is 38.5 Å². The van der Waals surface area contributed by atoms with E-state index in [4.69, 9.17) is 19.3 Å². The number of aliphatic carboxylic acids is 1. The van der Waals surface area contributed by atoms with Crippen molar-refractivity contribution in [3.8, 4) is 0 Å². The second kappa shape index (κ2) is 31.5. The lowest BCUT2D eigenvalue weighted by molar-refractivity contribution is -0.137. The van der Waals surface area contributed by atoms with E-state index in [9.17, 15) is 19.2 Å². The van der Waals surface area contributed by atoms with E-state index in [1.165, 1.54) is 44.9 Å². The van der Waals surface area contributed by atoms with Crippen molar-refractivity contribution in [2.24, 2.45) is 0 Å². The Morgan fingerprint density at radius 3 is 1.30 bits per heavy atom. The molecule has 0 bridgehead atoms. The van der Waals surface area contributed by atoms with Crippen LogP contribution in [0.4, 0.5) is 0 Å². The van der Waals surface area contributed by atoms with Gasteiger partial charge < -0.3 is 34.7 Å². The number of carbonyl (C=O) groups excluding carboxylic acids is 3. The summed E-state index contributed by atoms with van der Waals surface area (Å²) < 4.78 is 16.4. The van der Waals surface area contributed by atoms with Crippen LogP contribution in [0.25, 0.3) is 0 Å². The Kier molecular flexibility index (Phi) is 29.9. The molecular weight excluding hydrogens is 516 g/mol. The van der Waals surface area contributed by atoms with E-state index in [1.807, 2.05) is 0 Å². The standard InChI is InChI=1S/C30H56N2O8/c33-21-13-17-29(35)32-20-15-23-39-25-27-40-26-24-38-22-14-19-31-28(34)16-11-9-7-5-3-1-2-4-6-8-10-12-18-30(36)37/h21H,1-20,22-27H2,(H,31,34)(H,32,35)(H,36,37). The van der Waals surface area contributed by atoms with E-state index in [1.54, 1.807) is 0 Å². The molecule has 234 valence electrons. The molecule has 0 aromatic carbocycles. The fourth-order valence-electron chi connectivity index (χ4n) is 4.04. The van der Waals surface area contributed by atoms with Crippen LogP contribution < -0.4 is 10.6 Å². The number of aldehydes is 1. The number of carbonyl (C=O) groups is 4. The third kappa shape index (κ3) is 32.2. The number of hydrogen-bond acceptors (Lipinski definition) is 7. The minimum Gasteiger partial charge on any atom is -0.481 e. The highest BCUT2D eigenvalue weighted by molar-refractivity contribution is 5.78. The summed E-state index contributed by atoms with van der Waals surface area (Å²) in [5, 5.41) is 14.3. The highest BCUT2D eigenvalue weighted by Crippen LogP contribution is 2.13. The van der Waals surface area contributed by atoms with Gasteiger partial charge in [0.1, 0.15) is 6.29 Å². The summed E-state index contributed by atoms with van der Waals surface area (Å²) in [4.78, 5) is 43.9. The number of ether oxygens (including phenoxy) is 3. The van der Waals surface area contributed by atoms with Crippen LogP contribution in [0.15, 0.2) is 0 Å². The molecular formula is C30H56N2O8. The van der Waals surface area contributed by atoms with E-state index in [0.717, 1.165) is 51.2 Å². The molecule has 0 heterocycles. The number of carboxylic acid groups (broad SMARTS) is 1. The van der Waals surface area contributed by atoms with E-state index in [0.29, 0.717) is 65.6 Å².